The van der Waals surface area contributed by atoms with Crippen LogP contribution in [-0.4, -0.2) is 17.3 Å². The number of nitrogens with two attached hydrogens (primary N) is 1. The Morgan fingerprint density at radius 1 is 1.35 bits per heavy atom. The Bertz CT molecular complexity index is 605. The van der Waals surface area contributed by atoms with Crippen molar-refractivity contribution in [1.82, 2.24) is 10.1 Å². The number of nitrogens with zero attached hydrogens (tertiary/aromatic N) is 2. The minimum absolute atomic E-state index is 0.148. The molecule has 0 radical (unpaired) electrons. The molecule has 0 bridgehead atoms. The molecule has 0 fully saturated rings. The first kappa shape index (κ1) is 14.8. The Morgan fingerprint density at radius 3 is 2.65 bits per heavy atom. The fourth-order valence-corrected chi connectivity index (χ4v) is 1.86. The van der Waals surface area contributed by atoms with Crippen molar-refractivity contribution < 1.29 is 9.26 Å². The molecule has 0 saturated carbocycles. The molecule has 2 N–H and O–H groups in total. The number of aromatic nitrogens is 2. The zero-order valence-corrected chi connectivity index (χ0v) is 12.7. The van der Waals surface area contributed by atoms with Gasteiger partial charge in [0.05, 0.1) is 18.7 Å². The van der Waals surface area contributed by atoms with Gasteiger partial charge in [-0.3, -0.25) is 0 Å². The Labute approximate surface area is 123 Å². The lowest BCUT2D eigenvalue weighted by molar-refractivity contribution is 0.303. The molecule has 0 aliphatic heterocycles. The normalized spacial score (nSPS) is 13.3. The highest BCUT2D eigenvalue weighted by atomic mass is 35.5. The van der Waals surface area contributed by atoms with Gasteiger partial charge in [0.1, 0.15) is 5.75 Å². The van der Waals surface area contributed by atoms with Gasteiger partial charge in [0.15, 0.2) is 5.82 Å². The molecule has 1 aromatic carbocycles. The summed E-state index contributed by atoms with van der Waals surface area (Å²) < 4.78 is 10.6. The maximum atomic E-state index is 6.12. The summed E-state index contributed by atoms with van der Waals surface area (Å²) in [7, 11) is 1.56. The van der Waals surface area contributed by atoms with Gasteiger partial charge >= 0.3 is 0 Å². The number of ether oxygens (including phenoxy) is 1. The predicted molar refractivity (Wildman–Crippen MR) is 77.7 cm³/mol. The summed E-state index contributed by atoms with van der Waals surface area (Å²) in [5, 5.41) is 4.54. The van der Waals surface area contributed by atoms with E-state index in [4.69, 9.17) is 26.6 Å². The van der Waals surface area contributed by atoms with Crippen LogP contribution in [0.25, 0.3) is 11.5 Å². The molecular formula is C14H18ClN3O2. The van der Waals surface area contributed by atoms with E-state index in [1.54, 1.807) is 25.3 Å². The third-order valence-corrected chi connectivity index (χ3v) is 3.28. The van der Waals surface area contributed by atoms with Gasteiger partial charge in [0.25, 0.3) is 5.89 Å². The standard InChI is InChI=1S/C14H18ClN3O2/c1-14(2,3)11(16)12-17-13(20-18-12)9-6-5-8(15)7-10(9)19-4/h5-7,11H,16H2,1-4H3. The van der Waals surface area contributed by atoms with Crippen LogP contribution in [0.15, 0.2) is 22.7 Å². The van der Waals surface area contributed by atoms with Crippen LogP contribution in [0.5, 0.6) is 5.75 Å². The average molecular weight is 296 g/mol. The van der Waals surface area contributed by atoms with Gasteiger partial charge in [-0.2, -0.15) is 4.98 Å². The second-order valence-electron chi connectivity index (χ2n) is 5.65. The van der Waals surface area contributed by atoms with Gasteiger partial charge in [-0.1, -0.05) is 37.5 Å². The lowest BCUT2D eigenvalue weighted by Crippen LogP contribution is -2.27. The van der Waals surface area contributed by atoms with Crippen molar-refractivity contribution in [3.05, 3.63) is 29.0 Å². The number of benzene rings is 1. The highest BCUT2D eigenvalue weighted by molar-refractivity contribution is 6.30. The average Bonchev–Trinajstić information content (AvgIpc) is 2.85. The monoisotopic (exact) mass is 295 g/mol. The molecule has 6 heteroatoms. The second-order valence-corrected chi connectivity index (χ2v) is 6.08. The molecule has 0 saturated heterocycles. The summed E-state index contributed by atoms with van der Waals surface area (Å²) in [5.41, 5.74) is 6.66. The Morgan fingerprint density at radius 2 is 2.05 bits per heavy atom. The van der Waals surface area contributed by atoms with E-state index >= 15 is 0 Å². The Balaban J connectivity index is 2.39. The van der Waals surface area contributed by atoms with E-state index in [1.165, 1.54) is 0 Å². The first-order valence-corrected chi connectivity index (χ1v) is 6.64. The van der Waals surface area contributed by atoms with Crippen LogP contribution < -0.4 is 10.5 Å². The number of methoxy groups -OCH3 is 1. The minimum atomic E-state index is -0.307. The molecule has 0 aliphatic rings. The van der Waals surface area contributed by atoms with Crippen LogP contribution in [-0.2, 0) is 0 Å². The Kier molecular flexibility index (Phi) is 4.01. The second kappa shape index (κ2) is 5.42. The molecule has 1 heterocycles. The number of rotatable bonds is 3. The minimum Gasteiger partial charge on any atom is -0.496 e. The summed E-state index contributed by atoms with van der Waals surface area (Å²) in [6, 6.07) is 4.91. The number of halogens is 1. The van der Waals surface area contributed by atoms with Crippen LogP contribution in [0.4, 0.5) is 0 Å². The molecule has 1 atom stereocenters. The molecule has 2 aromatic rings. The fourth-order valence-electron chi connectivity index (χ4n) is 1.70. The van der Waals surface area contributed by atoms with Gasteiger partial charge < -0.3 is 15.0 Å². The van der Waals surface area contributed by atoms with Crippen LogP contribution in [0.3, 0.4) is 0 Å². The molecule has 20 heavy (non-hydrogen) atoms. The maximum absolute atomic E-state index is 6.12. The van der Waals surface area contributed by atoms with Gasteiger partial charge in [-0.25, -0.2) is 0 Å². The van der Waals surface area contributed by atoms with Crippen molar-refractivity contribution in [2.45, 2.75) is 26.8 Å². The Hall–Kier alpha value is -1.59. The molecule has 5 nitrogen and oxygen atoms in total. The van der Waals surface area contributed by atoms with Crippen molar-refractivity contribution in [1.29, 1.82) is 0 Å². The smallest absolute Gasteiger partial charge is 0.261 e. The van der Waals surface area contributed by atoms with Crippen LogP contribution >= 0.6 is 11.6 Å². The van der Waals surface area contributed by atoms with Crippen LogP contribution in [0.1, 0.15) is 32.6 Å². The third-order valence-electron chi connectivity index (χ3n) is 3.05. The van der Waals surface area contributed by atoms with Crippen LogP contribution in [0.2, 0.25) is 5.02 Å². The first-order valence-electron chi connectivity index (χ1n) is 6.26. The van der Waals surface area contributed by atoms with E-state index in [0.29, 0.717) is 28.1 Å². The summed E-state index contributed by atoms with van der Waals surface area (Å²) in [6.45, 7) is 6.07. The van der Waals surface area contributed by atoms with E-state index < -0.39 is 0 Å². The van der Waals surface area contributed by atoms with E-state index in [1.807, 2.05) is 20.8 Å². The van der Waals surface area contributed by atoms with E-state index in [2.05, 4.69) is 10.1 Å². The molecule has 108 valence electrons. The van der Waals surface area contributed by atoms with Gasteiger partial charge in [-0.15, -0.1) is 0 Å². The zero-order valence-electron chi connectivity index (χ0n) is 12.0. The van der Waals surface area contributed by atoms with E-state index in [-0.39, 0.29) is 11.5 Å². The largest absolute Gasteiger partial charge is 0.496 e. The van der Waals surface area contributed by atoms with Crippen molar-refractivity contribution in [2.75, 3.05) is 7.11 Å². The number of hydrogen-bond acceptors (Lipinski definition) is 5. The van der Waals surface area contributed by atoms with Gasteiger partial charge in [-0.05, 0) is 23.6 Å². The summed E-state index contributed by atoms with van der Waals surface area (Å²) in [6.07, 6.45) is 0. The molecule has 0 amide bonds. The van der Waals surface area contributed by atoms with Crippen molar-refractivity contribution in [3.63, 3.8) is 0 Å². The summed E-state index contributed by atoms with van der Waals surface area (Å²) >= 11 is 5.93. The lowest BCUT2D eigenvalue weighted by atomic mass is 9.87. The third kappa shape index (κ3) is 2.94. The molecule has 1 aromatic heterocycles. The molecule has 2 rings (SSSR count). The van der Waals surface area contributed by atoms with Crippen LogP contribution in [0, 0.1) is 5.41 Å². The maximum Gasteiger partial charge on any atom is 0.261 e. The van der Waals surface area contributed by atoms with Crippen molar-refractivity contribution in [3.8, 4) is 17.2 Å². The lowest BCUT2D eigenvalue weighted by Gasteiger charge is -2.23. The van der Waals surface area contributed by atoms with Crippen molar-refractivity contribution >= 4 is 11.6 Å². The summed E-state index contributed by atoms with van der Waals surface area (Å²) in [5.74, 6) is 1.43. The van der Waals surface area contributed by atoms with E-state index in [0.717, 1.165) is 0 Å². The fraction of sp³-hybridized carbons (Fsp3) is 0.429. The number of hydrogen-bond donors (Lipinski definition) is 1. The van der Waals surface area contributed by atoms with Gasteiger partial charge in [0.2, 0.25) is 0 Å². The topological polar surface area (TPSA) is 74.2 Å². The SMILES string of the molecule is COc1cc(Cl)ccc1-c1nc(C(N)C(C)(C)C)no1. The quantitative estimate of drug-likeness (QED) is 0.939. The molecule has 0 spiro atoms. The highest BCUT2D eigenvalue weighted by Gasteiger charge is 2.27. The van der Waals surface area contributed by atoms with E-state index in [9.17, 15) is 0 Å². The highest BCUT2D eigenvalue weighted by Crippen LogP contribution is 2.34. The predicted octanol–water partition coefficient (Wildman–Crippen LogP) is 3.44. The molecular weight excluding hydrogens is 278 g/mol. The summed E-state index contributed by atoms with van der Waals surface area (Å²) in [4.78, 5) is 4.36. The van der Waals surface area contributed by atoms with Gasteiger partial charge in [0, 0.05) is 5.02 Å². The molecule has 1 unspecified atom stereocenters. The molecule has 0 aliphatic carbocycles. The zero-order chi connectivity index (χ0) is 14.9. The first-order chi connectivity index (χ1) is 9.32. The van der Waals surface area contributed by atoms with Crippen molar-refractivity contribution in [2.24, 2.45) is 11.1 Å².